The third-order valence-electron chi connectivity index (χ3n) is 2.75. The van der Waals surface area contributed by atoms with E-state index >= 15 is 0 Å². The minimum atomic E-state index is -0.580. The lowest BCUT2D eigenvalue weighted by Gasteiger charge is -2.05. The lowest BCUT2D eigenvalue weighted by molar-refractivity contribution is 0.480. The second kappa shape index (κ2) is 6.56. The van der Waals surface area contributed by atoms with E-state index in [0.717, 1.165) is 31.2 Å². The first-order valence-corrected chi connectivity index (χ1v) is 6.57. The molecule has 20 heavy (non-hydrogen) atoms. The maximum Gasteiger partial charge on any atom is 0.250 e. The van der Waals surface area contributed by atoms with Crippen molar-refractivity contribution in [2.24, 2.45) is 0 Å². The Labute approximate surface area is 116 Å². The Balaban J connectivity index is 2.00. The van der Waals surface area contributed by atoms with Crippen LogP contribution in [0.25, 0.3) is 11.5 Å². The molecule has 0 fully saturated rings. The molecular formula is C14H17F2N3O. The Morgan fingerprint density at radius 3 is 2.80 bits per heavy atom. The van der Waals surface area contributed by atoms with Crippen molar-refractivity contribution in [3.05, 3.63) is 35.7 Å². The summed E-state index contributed by atoms with van der Waals surface area (Å²) in [7, 11) is 0. The average molecular weight is 281 g/mol. The first-order valence-electron chi connectivity index (χ1n) is 6.57. The molecule has 0 aliphatic heterocycles. The molecule has 1 N–H and O–H groups in total. The first-order chi connectivity index (χ1) is 9.56. The molecule has 0 radical (unpaired) electrons. The van der Waals surface area contributed by atoms with E-state index in [1.54, 1.807) is 0 Å². The zero-order valence-electron chi connectivity index (χ0n) is 11.5. The standard InChI is InChI=1S/C14H17F2N3O/c1-9(2)17-7-3-4-13-18-19-14(20-13)11-8-10(15)5-6-12(11)16/h5-6,8-9,17H,3-4,7H2,1-2H3. The van der Waals surface area contributed by atoms with Gasteiger partial charge in [0.25, 0.3) is 5.89 Å². The number of benzene rings is 1. The second-order valence-corrected chi connectivity index (χ2v) is 4.84. The van der Waals surface area contributed by atoms with Gasteiger partial charge >= 0.3 is 0 Å². The maximum absolute atomic E-state index is 13.6. The lowest BCUT2D eigenvalue weighted by Crippen LogP contribution is -2.23. The van der Waals surface area contributed by atoms with Gasteiger partial charge in [-0.1, -0.05) is 13.8 Å². The minimum absolute atomic E-state index is 0.00817. The van der Waals surface area contributed by atoms with E-state index in [0.29, 0.717) is 18.4 Å². The van der Waals surface area contributed by atoms with E-state index < -0.39 is 11.6 Å². The summed E-state index contributed by atoms with van der Waals surface area (Å²) in [4.78, 5) is 0. The highest BCUT2D eigenvalue weighted by Crippen LogP contribution is 2.22. The second-order valence-electron chi connectivity index (χ2n) is 4.84. The van der Waals surface area contributed by atoms with Crippen LogP contribution >= 0.6 is 0 Å². The molecule has 0 unspecified atom stereocenters. The van der Waals surface area contributed by atoms with Crippen molar-refractivity contribution in [2.45, 2.75) is 32.7 Å². The molecule has 0 amide bonds. The van der Waals surface area contributed by atoms with Gasteiger partial charge in [-0.3, -0.25) is 0 Å². The van der Waals surface area contributed by atoms with Gasteiger partial charge in [-0.2, -0.15) is 0 Å². The fraction of sp³-hybridized carbons (Fsp3) is 0.429. The van der Waals surface area contributed by atoms with Crippen molar-refractivity contribution in [2.75, 3.05) is 6.54 Å². The summed E-state index contributed by atoms with van der Waals surface area (Å²) >= 11 is 0. The SMILES string of the molecule is CC(C)NCCCc1nnc(-c2cc(F)ccc2F)o1. The molecule has 0 saturated carbocycles. The van der Waals surface area contributed by atoms with E-state index in [-0.39, 0.29) is 11.5 Å². The van der Waals surface area contributed by atoms with Crippen LogP contribution in [0.1, 0.15) is 26.2 Å². The number of hydrogen-bond donors (Lipinski definition) is 1. The molecule has 108 valence electrons. The summed E-state index contributed by atoms with van der Waals surface area (Å²) in [6.07, 6.45) is 1.44. The monoisotopic (exact) mass is 281 g/mol. The van der Waals surface area contributed by atoms with Gasteiger partial charge in [0.15, 0.2) is 0 Å². The molecule has 1 heterocycles. The van der Waals surface area contributed by atoms with Crippen LogP contribution in [0.5, 0.6) is 0 Å². The fourth-order valence-electron chi connectivity index (χ4n) is 1.76. The van der Waals surface area contributed by atoms with E-state index in [9.17, 15) is 8.78 Å². The van der Waals surface area contributed by atoms with Crippen molar-refractivity contribution in [1.29, 1.82) is 0 Å². The molecule has 2 rings (SSSR count). The highest BCUT2D eigenvalue weighted by atomic mass is 19.1. The number of nitrogens with zero attached hydrogens (tertiary/aromatic N) is 2. The highest BCUT2D eigenvalue weighted by Gasteiger charge is 2.13. The molecule has 4 nitrogen and oxygen atoms in total. The summed E-state index contributed by atoms with van der Waals surface area (Å²) < 4.78 is 32.0. The molecule has 1 aromatic carbocycles. The molecule has 0 bridgehead atoms. The number of hydrogen-bond acceptors (Lipinski definition) is 4. The molecule has 0 saturated heterocycles. The van der Waals surface area contributed by atoms with Crippen LogP contribution in [0.15, 0.2) is 22.6 Å². The summed E-state index contributed by atoms with van der Waals surface area (Å²) in [5.41, 5.74) is -0.0101. The molecule has 6 heteroatoms. The Bertz CT molecular complexity index is 569. The van der Waals surface area contributed by atoms with E-state index in [4.69, 9.17) is 4.42 Å². The Hall–Kier alpha value is -1.82. The number of nitrogens with one attached hydrogen (secondary N) is 1. The smallest absolute Gasteiger partial charge is 0.250 e. The van der Waals surface area contributed by atoms with Crippen molar-refractivity contribution in [3.63, 3.8) is 0 Å². The minimum Gasteiger partial charge on any atom is -0.421 e. The van der Waals surface area contributed by atoms with Crippen LogP contribution in [0, 0.1) is 11.6 Å². The van der Waals surface area contributed by atoms with Crippen molar-refractivity contribution in [1.82, 2.24) is 15.5 Å². The third kappa shape index (κ3) is 3.84. The number of rotatable bonds is 6. The zero-order valence-corrected chi connectivity index (χ0v) is 11.5. The largest absolute Gasteiger partial charge is 0.421 e. The summed E-state index contributed by atoms with van der Waals surface area (Å²) in [6.45, 7) is 4.97. The Kier molecular flexibility index (Phi) is 4.79. The maximum atomic E-state index is 13.6. The van der Waals surface area contributed by atoms with Gasteiger partial charge in [-0.05, 0) is 31.2 Å². The predicted molar refractivity (Wildman–Crippen MR) is 71.1 cm³/mol. The van der Waals surface area contributed by atoms with Crippen molar-refractivity contribution in [3.8, 4) is 11.5 Å². The third-order valence-corrected chi connectivity index (χ3v) is 2.75. The molecule has 2 aromatic rings. The molecule has 1 aromatic heterocycles. The molecular weight excluding hydrogens is 264 g/mol. The predicted octanol–water partition coefficient (Wildman–Crippen LogP) is 2.95. The van der Waals surface area contributed by atoms with Crippen LogP contribution in [0.2, 0.25) is 0 Å². The van der Waals surface area contributed by atoms with Gasteiger partial charge in [0.05, 0.1) is 5.56 Å². The van der Waals surface area contributed by atoms with Gasteiger partial charge in [0.1, 0.15) is 11.6 Å². The van der Waals surface area contributed by atoms with Gasteiger partial charge in [0.2, 0.25) is 5.89 Å². The van der Waals surface area contributed by atoms with Crippen LogP contribution in [0.3, 0.4) is 0 Å². The summed E-state index contributed by atoms with van der Waals surface area (Å²) in [6, 6.07) is 3.57. The molecule has 0 aliphatic rings. The number of aromatic nitrogens is 2. The van der Waals surface area contributed by atoms with E-state index in [1.165, 1.54) is 0 Å². The van der Waals surface area contributed by atoms with Crippen molar-refractivity contribution < 1.29 is 13.2 Å². The van der Waals surface area contributed by atoms with Crippen LogP contribution in [-0.2, 0) is 6.42 Å². The van der Waals surface area contributed by atoms with Gasteiger partial charge in [-0.15, -0.1) is 10.2 Å². The van der Waals surface area contributed by atoms with Gasteiger partial charge in [-0.25, -0.2) is 8.78 Å². The normalized spacial score (nSPS) is 11.2. The van der Waals surface area contributed by atoms with Gasteiger partial charge in [0, 0.05) is 12.5 Å². The molecule has 0 atom stereocenters. The summed E-state index contributed by atoms with van der Waals surface area (Å²) in [5.74, 6) is -0.687. The number of halogens is 2. The Morgan fingerprint density at radius 1 is 1.25 bits per heavy atom. The average Bonchev–Trinajstić information content (AvgIpc) is 2.86. The van der Waals surface area contributed by atoms with Crippen LogP contribution in [0.4, 0.5) is 8.78 Å². The highest BCUT2D eigenvalue weighted by molar-refractivity contribution is 5.53. The van der Waals surface area contributed by atoms with Crippen LogP contribution < -0.4 is 5.32 Å². The number of aryl methyl sites for hydroxylation is 1. The van der Waals surface area contributed by atoms with Crippen LogP contribution in [-0.4, -0.2) is 22.8 Å². The van der Waals surface area contributed by atoms with E-state index in [1.807, 2.05) is 0 Å². The van der Waals surface area contributed by atoms with Crippen molar-refractivity contribution >= 4 is 0 Å². The molecule has 0 spiro atoms. The zero-order chi connectivity index (χ0) is 14.5. The topological polar surface area (TPSA) is 51.0 Å². The van der Waals surface area contributed by atoms with Gasteiger partial charge < -0.3 is 9.73 Å². The quantitative estimate of drug-likeness (QED) is 0.827. The molecule has 0 aliphatic carbocycles. The fourth-order valence-corrected chi connectivity index (χ4v) is 1.76. The first kappa shape index (κ1) is 14.6. The Morgan fingerprint density at radius 2 is 2.05 bits per heavy atom. The van der Waals surface area contributed by atoms with E-state index in [2.05, 4.69) is 29.4 Å². The summed E-state index contributed by atoms with van der Waals surface area (Å²) in [5, 5.41) is 10.9. The lowest BCUT2D eigenvalue weighted by atomic mass is 10.2.